The fourth-order valence-corrected chi connectivity index (χ4v) is 4.75. The summed E-state index contributed by atoms with van der Waals surface area (Å²) in [6.45, 7) is 2.57. The fraction of sp³-hybridized carbons (Fsp3) is 0.321. The Balaban J connectivity index is 1.44. The van der Waals surface area contributed by atoms with Crippen molar-refractivity contribution in [1.82, 2.24) is 15.2 Å². The predicted molar refractivity (Wildman–Crippen MR) is 138 cm³/mol. The summed E-state index contributed by atoms with van der Waals surface area (Å²) in [5, 5.41) is 13.8. The average molecular weight is 505 g/mol. The Morgan fingerprint density at radius 1 is 1.11 bits per heavy atom. The highest BCUT2D eigenvalue weighted by atomic mass is 35.5. The molecule has 1 saturated heterocycles. The molecule has 186 valence electrons. The van der Waals surface area contributed by atoms with E-state index in [0.29, 0.717) is 41.5 Å². The summed E-state index contributed by atoms with van der Waals surface area (Å²) in [5.74, 6) is 1.21. The van der Waals surface area contributed by atoms with E-state index in [1.165, 1.54) is 0 Å². The summed E-state index contributed by atoms with van der Waals surface area (Å²) < 4.78 is 10.8. The van der Waals surface area contributed by atoms with Gasteiger partial charge < -0.3 is 14.8 Å². The minimum Gasteiger partial charge on any atom is -0.493 e. The van der Waals surface area contributed by atoms with Gasteiger partial charge in [0.1, 0.15) is 5.41 Å². The maximum atomic E-state index is 12.6. The molecular weight excluding hydrogens is 476 g/mol. The van der Waals surface area contributed by atoms with E-state index in [9.17, 15) is 10.1 Å². The van der Waals surface area contributed by atoms with Crippen molar-refractivity contribution in [2.24, 2.45) is 0 Å². The molecule has 4 rings (SSSR count). The highest BCUT2D eigenvalue weighted by Gasteiger charge is 2.39. The standard InChI is InChI=1S/C28H29ClN4O3/c1-35-24-10-5-20(16-25(24)36-2)18-33-14-11-28(19-30,12-15-33)26-22(4-3-13-31-26)17-32-27(34)21-6-8-23(29)9-7-21/h3-10,13,16H,11-12,14-15,17-18H2,1-2H3,(H,32,34). The number of piperidine rings is 1. The number of halogens is 1. The molecule has 0 atom stereocenters. The van der Waals surface area contributed by atoms with Crippen LogP contribution in [0.4, 0.5) is 0 Å². The summed E-state index contributed by atoms with van der Waals surface area (Å²) in [5.41, 5.74) is 2.56. The van der Waals surface area contributed by atoms with Gasteiger partial charge in [0, 0.05) is 43.0 Å². The molecule has 1 aromatic heterocycles. The molecule has 2 heterocycles. The number of carbonyl (C=O) groups excluding carboxylic acids is 1. The number of nitrogens with zero attached hydrogens (tertiary/aromatic N) is 3. The molecule has 8 heteroatoms. The summed E-state index contributed by atoms with van der Waals surface area (Å²) in [6.07, 6.45) is 3.03. The molecule has 3 aromatic rings. The SMILES string of the molecule is COc1ccc(CN2CCC(C#N)(c3ncccc3CNC(=O)c3ccc(Cl)cc3)CC2)cc1OC. The fourth-order valence-electron chi connectivity index (χ4n) is 4.62. The lowest BCUT2D eigenvalue weighted by Gasteiger charge is -2.37. The van der Waals surface area contributed by atoms with Gasteiger partial charge in [0.15, 0.2) is 11.5 Å². The maximum Gasteiger partial charge on any atom is 0.251 e. The van der Waals surface area contributed by atoms with Crippen LogP contribution >= 0.6 is 11.6 Å². The average Bonchev–Trinajstić information content (AvgIpc) is 2.93. The summed E-state index contributed by atoms with van der Waals surface area (Å²) >= 11 is 5.92. The molecule has 7 nitrogen and oxygen atoms in total. The van der Waals surface area contributed by atoms with E-state index in [4.69, 9.17) is 21.1 Å². The number of carbonyl (C=O) groups is 1. The summed E-state index contributed by atoms with van der Waals surface area (Å²) in [7, 11) is 3.25. The molecule has 0 spiro atoms. The predicted octanol–water partition coefficient (Wildman–Crippen LogP) is 4.74. The van der Waals surface area contributed by atoms with Crippen LogP contribution in [0.25, 0.3) is 0 Å². The second-order valence-electron chi connectivity index (χ2n) is 8.86. The number of likely N-dealkylation sites (tertiary alicyclic amines) is 1. The van der Waals surface area contributed by atoms with E-state index in [-0.39, 0.29) is 5.91 Å². The van der Waals surface area contributed by atoms with Gasteiger partial charge in [0.2, 0.25) is 0 Å². The second kappa shape index (κ2) is 11.4. The van der Waals surface area contributed by atoms with Crippen LogP contribution < -0.4 is 14.8 Å². The van der Waals surface area contributed by atoms with Gasteiger partial charge in [0.05, 0.1) is 26.0 Å². The van der Waals surface area contributed by atoms with Crippen molar-refractivity contribution in [3.63, 3.8) is 0 Å². The normalized spacial score (nSPS) is 15.1. The number of aromatic nitrogens is 1. The van der Waals surface area contributed by atoms with Crippen LogP contribution in [0.2, 0.25) is 5.02 Å². The Hall–Kier alpha value is -3.60. The minimum absolute atomic E-state index is 0.197. The first kappa shape index (κ1) is 25.5. The Kier molecular flexibility index (Phi) is 8.09. The molecule has 1 amide bonds. The lowest BCUT2D eigenvalue weighted by atomic mass is 9.75. The largest absolute Gasteiger partial charge is 0.493 e. The first-order valence-electron chi connectivity index (χ1n) is 11.8. The topological polar surface area (TPSA) is 87.5 Å². The van der Waals surface area contributed by atoms with Crippen molar-refractivity contribution in [1.29, 1.82) is 5.26 Å². The second-order valence-corrected chi connectivity index (χ2v) is 9.30. The number of benzene rings is 2. The van der Waals surface area contributed by atoms with Crippen molar-refractivity contribution in [2.45, 2.75) is 31.3 Å². The molecule has 1 fully saturated rings. The summed E-state index contributed by atoms with van der Waals surface area (Å²) in [4.78, 5) is 19.6. The van der Waals surface area contributed by atoms with Crippen molar-refractivity contribution in [3.8, 4) is 17.6 Å². The van der Waals surface area contributed by atoms with Crippen LogP contribution in [0.1, 0.15) is 40.0 Å². The van der Waals surface area contributed by atoms with E-state index in [2.05, 4.69) is 21.3 Å². The molecule has 36 heavy (non-hydrogen) atoms. The van der Waals surface area contributed by atoms with E-state index < -0.39 is 5.41 Å². The number of ether oxygens (including phenoxy) is 2. The van der Waals surface area contributed by atoms with Crippen molar-refractivity contribution in [3.05, 3.63) is 88.2 Å². The molecule has 1 aliphatic rings. The molecule has 0 radical (unpaired) electrons. The quantitative estimate of drug-likeness (QED) is 0.476. The van der Waals surface area contributed by atoms with E-state index in [1.807, 2.05) is 30.3 Å². The van der Waals surface area contributed by atoms with Crippen molar-refractivity contribution < 1.29 is 14.3 Å². The Labute approximate surface area is 216 Å². The van der Waals surface area contributed by atoms with Crippen LogP contribution in [0.5, 0.6) is 11.5 Å². The Bertz CT molecular complexity index is 1250. The molecule has 0 aliphatic carbocycles. The molecule has 1 aliphatic heterocycles. The van der Waals surface area contributed by atoms with Gasteiger partial charge >= 0.3 is 0 Å². The van der Waals surface area contributed by atoms with Crippen molar-refractivity contribution >= 4 is 17.5 Å². The molecule has 0 saturated carbocycles. The first-order valence-corrected chi connectivity index (χ1v) is 12.2. The smallest absolute Gasteiger partial charge is 0.251 e. The van der Waals surface area contributed by atoms with Crippen LogP contribution in [0.15, 0.2) is 60.8 Å². The van der Waals surface area contributed by atoms with Crippen LogP contribution in [0.3, 0.4) is 0 Å². The van der Waals surface area contributed by atoms with Gasteiger partial charge in [-0.15, -0.1) is 0 Å². The molecular formula is C28H29ClN4O3. The zero-order valence-corrected chi connectivity index (χ0v) is 21.2. The highest BCUT2D eigenvalue weighted by Crippen LogP contribution is 2.36. The minimum atomic E-state index is -0.699. The van der Waals surface area contributed by atoms with Crippen LogP contribution in [0, 0.1) is 11.3 Å². The van der Waals surface area contributed by atoms with Gasteiger partial charge in [-0.1, -0.05) is 23.7 Å². The van der Waals surface area contributed by atoms with Crippen LogP contribution in [-0.2, 0) is 18.5 Å². The number of nitrogens with one attached hydrogen (secondary N) is 1. The Morgan fingerprint density at radius 2 is 1.83 bits per heavy atom. The lowest BCUT2D eigenvalue weighted by molar-refractivity contribution is 0.0950. The molecule has 0 unspecified atom stereocenters. The number of hydrogen-bond acceptors (Lipinski definition) is 6. The van der Waals surface area contributed by atoms with Crippen molar-refractivity contribution in [2.75, 3.05) is 27.3 Å². The highest BCUT2D eigenvalue weighted by molar-refractivity contribution is 6.30. The van der Waals surface area contributed by atoms with Gasteiger partial charge in [-0.05, 0) is 66.4 Å². The zero-order valence-electron chi connectivity index (χ0n) is 20.5. The maximum absolute atomic E-state index is 12.6. The summed E-state index contributed by atoms with van der Waals surface area (Å²) in [6, 6.07) is 19.0. The number of rotatable bonds is 8. The molecule has 1 N–H and O–H groups in total. The third-order valence-corrected chi connectivity index (χ3v) is 6.92. The van der Waals surface area contributed by atoms with Crippen LogP contribution in [-0.4, -0.2) is 43.1 Å². The number of amides is 1. The molecule has 0 bridgehead atoms. The molecule has 2 aromatic carbocycles. The van der Waals surface area contributed by atoms with E-state index >= 15 is 0 Å². The number of methoxy groups -OCH3 is 2. The number of hydrogen-bond donors (Lipinski definition) is 1. The third-order valence-electron chi connectivity index (χ3n) is 6.67. The van der Waals surface area contributed by atoms with E-state index in [1.54, 1.807) is 44.7 Å². The third kappa shape index (κ3) is 5.62. The van der Waals surface area contributed by atoms with Gasteiger partial charge in [-0.25, -0.2) is 0 Å². The van der Waals surface area contributed by atoms with Gasteiger partial charge in [-0.2, -0.15) is 5.26 Å². The van der Waals surface area contributed by atoms with Gasteiger partial charge in [0.25, 0.3) is 5.91 Å². The zero-order chi connectivity index (χ0) is 25.5. The van der Waals surface area contributed by atoms with E-state index in [0.717, 1.165) is 36.5 Å². The van der Waals surface area contributed by atoms with Gasteiger partial charge in [-0.3, -0.25) is 14.7 Å². The first-order chi connectivity index (χ1) is 17.5. The monoisotopic (exact) mass is 504 g/mol. The number of pyridine rings is 1. The lowest BCUT2D eigenvalue weighted by Crippen LogP contribution is -2.42. The Morgan fingerprint density at radius 3 is 2.50 bits per heavy atom. The number of nitriles is 1.